The quantitative estimate of drug-likeness (QED) is 0.482. The molecule has 3 aromatic carbocycles. The smallest absolute Gasteiger partial charge is 0.250 e. The van der Waals surface area contributed by atoms with Gasteiger partial charge in [0.2, 0.25) is 17.7 Å². The zero-order chi connectivity index (χ0) is 25.0. The molecule has 3 aliphatic rings. The van der Waals surface area contributed by atoms with Crippen LogP contribution in [0.2, 0.25) is 0 Å². The molecule has 4 atom stereocenters. The number of hydrogen-bond donors (Lipinski definition) is 3. The lowest BCUT2D eigenvalue weighted by Gasteiger charge is -2.29. The van der Waals surface area contributed by atoms with Gasteiger partial charge in [0.1, 0.15) is 17.0 Å². The largest absolute Gasteiger partial charge is 0.508 e. The number of aromatic hydroxyl groups is 1. The van der Waals surface area contributed by atoms with Crippen LogP contribution >= 0.6 is 0 Å². The monoisotopic (exact) mass is 483 g/mol. The van der Waals surface area contributed by atoms with E-state index in [1.807, 2.05) is 36.4 Å². The van der Waals surface area contributed by atoms with Gasteiger partial charge in [-0.25, -0.2) is 0 Å². The molecule has 8 heteroatoms. The molecule has 2 fully saturated rings. The summed E-state index contributed by atoms with van der Waals surface area (Å²) in [5.74, 6) is -1.88. The number of methoxy groups -OCH3 is 1. The van der Waals surface area contributed by atoms with E-state index >= 15 is 0 Å². The van der Waals surface area contributed by atoms with Gasteiger partial charge in [-0.15, -0.1) is 0 Å². The fraction of sp³-hybridized carbons (Fsp3) is 0.250. The molecule has 3 amide bonds. The molecule has 0 aromatic heterocycles. The molecule has 2 saturated heterocycles. The van der Waals surface area contributed by atoms with Crippen LogP contribution < -0.4 is 15.4 Å². The maximum absolute atomic E-state index is 14.0. The molecule has 0 radical (unpaired) electrons. The first kappa shape index (κ1) is 22.3. The lowest BCUT2D eigenvalue weighted by molar-refractivity contribution is -0.143. The number of nitrogens with one attached hydrogen (secondary N) is 2. The first-order chi connectivity index (χ1) is 17.4. The highest BCUT2D eigenvalue weighted by Crippen LogP contribution is 2.53. The standard InChI is InChI=1S/C28H25N3O5/c1-36-22-9-5-2-6-17(22)15-31-25(33)23-21(14-16-10-12-18(32)13-11-16)30-28(24(23)26(31)34)19-7-3-4-8-20(19)29-27(28)35/h2-13,21,23-24,30,32H,14-15H2,1H3,(H,29,35)/t21?,23-,24+,28?/m1/s1. The van der Waals surface area contributed by atoms with E-state index in [-0.39, 0.29) is 30.0 Å². The Labute approximate surface area is 207 Å². The number of hydrogen-bond acceptors (Lipinski definition) is 6. The number of likely N-dealkylation sites (tertiary alicyclic amines) is 1. The number of rotatable bonds is 5. The number of para-hydroxylation sites is 2. The number of imide groups is 1. The molecule has 8 nitrogen and oxygen atoms in total. The zero-order valence-electron chi connectivity index (χ0n) is 19.6. The maximum Gasteiger partial charge on any atom is 0.250 e. The van der Waals surface area contributed by atoms with Crippen molar-refractivity contribution < 1.29 is 24.2 Å². The van der Waals surface area contributed by atoms with Gasteiger partial charge < -0.3 is 15.2 Å². The second-order valence-corrected chi connectivity index (χ2v) is 9.51. The van der Waals surface area contributed by atoms with Gasteiger partial charge in [-0.05, 0) is 36.2 Å². The topological polar surface area (TPSA) is 108 Å². The Bertz CT molecular complexity index is 1390. The second-order valence-electron chi connectivity index (χ2n) is 9.51. The predicted octanol–water partition coefficient (Wildman–Crippen LogP) is 2.56. The number of nitrogens with zero attached hydrogens (tertiary/aromatic N) is 1. The summed E-state index contributed by atoms with van der Waals surface area (Å²) in [7, 11) is 1.55. The van der Waals surface area contributed by atoms with E-state index in [2.05, 4.69) is 10.6 Å². The van der Waals surface area contributed by atoms with Crippen LogP contribution in [-0.2, 0) is 32.9 Å². The Morgan fingerprint density at radius 1 is 0.944 bits per heavy atom. The summed E-state index contributed by atoms with van der Waals surface area (Å²) in [4.78, 5) is 42.7. The van der Waals surface area contributed by atoms with Gasteiger partial charge in [0.25, 0.3) is 0 Å². The van der Waals surface area contributed by atoms with Crippen molar-refractivity contribution in [2.45, 2.75) is 24.5 Å². The SMILES string of the molecule is COc1ccccc1CN1C(=O)[C@@H]2C(Cc3ccc(O)cc3)NC3(C(=O)Nc4ccccc43)[C@@H]2C1=O. The Kier molecular flexibility index (Phi) is 5.08. The molecule has 0 bridgehead atoms. The van der Waals surface area contributed by atoms with Gasteiger partial charge in [0.05, 0.1) is 25.5 Å². The average molecular weight is 484 g/mol. The van der Waals surface area contributed by atoms with E-state index in [1.165, 1.54) is 4.90 Å². The molecule has 3 aliphatic heterocycles. The third-order valence-electron chi connectivity index (χ3n) is 7.63. The molecular weight excluding hydrogens is 458 g/mol. The zero-order valence-corrected chi connectivity index (χ0v) is 19.6. The summed E-state index contributed by atoms with van der Waals surface area (Å²) < 4.78 is 5.44. The molecule has 0 aliphatic carbocycles. The van der Waals surface area contributed by atoms with Crippen molar-refractivity contribution in [3.8, 4) is 11.5 Å². The molecular formula is C28H25N3O5. The van der Waals surface area contributed by atoms with Crippen LogP contribution in [0.1, 0.15) is 16.7 Å². The minimum atomic E-state index is -1.34. The average Bonchev–Trinajstić information content (AvgIpc) is 3.46. The van der Waals surface area contributed by atoms with Crippen molar-refractivity contribution in [3.05, 3.63) is 89.5 Å². The van der Waals surface area contributed by atoms with E-state index in [1.54, 1.807) is 43.5 Å². The summed E-state index contributed by atoms with van der Waals surface area (Å²) in [6, 6.07) is 20.9. The van der Waals surface area contributed by atoms with Crippen LogP contribution in [0.4, 0.5) is 5.69 Å². The molecule has 6 rings (SSSR count). The van der Waals surface area contributed by atoms with Crippen molar-refractivity contribution in [1.29, 1.82) is 0 Å². The van der Waals surface area contributed by atoms with Crippen molar-refractivity contribution >= 4 is 23.4 Å². The van der Waals surface area contributed by atoms with Crippen LogP contribution in [0, 0.1) is 11.8 Å². The summed E-state index contributed by atoms with van der Waals surface area (Å²) in [6.45, 7) is 0.0694. The third kappa shape index (κ3) is 3.14. The fourth-order valence-electron chi connectivity index (χ4n) is 6.04. The number of carbonyl (C=O) groups is 3. The van der Waals surface area contributed by atoms with Crippen molar-refractivity contribution in [2.24, 2.45) is 11.8 Å². The lowest BCUT2D eigenvalue weighted by Crippen LogP contribution is -2.53. The van der Waals surface area contributed by atoms with Gasteiger partial charge in [0, 0.05) is 22.9 Å². The molecule has 3 heterocycles. The van der Waals surface area contributed by atoms with Gasteiger partial charge in [0.15, 0.2) is 0 Å². The van der Waals surface area contributed by atoms with Crippen molar-refractivity contribution in [1.82, 2.24) is 10.2 Å². The summed E-state index contributed by atoms with van der Waals surface area (Å²) in [5.41, 5.74) is 1.58. The molecule has 182 valence electrons. The van der Waals surface area contributed by atoms with E-state index in [0.29, 0.717) is 23.4 Å². The Morgan fingerprint density at radius 2 is 1.67 bits per heavy atom. The number of phenolic OH excluding ortho intramolecular Hbond substituents is 1. The van der Waals surface area contributed by atoms with Gasteiger partial charge in [-0.3, -0.25) is 24.6 Å². The molecule has 0 saturated carbocycles. The molecule has 3 aromatic rings. The van der Waals surface area contributed by atoms with E-state index in [4.69, 9.17) is 4.74 Å². The minimum absolute atomic E-state index is 0.0694. The van der Waals surface area contributed by atoms with E-state index < -0.39 is 23.4 Å². The maximum atomic E-state index is 14.0. The molecule has 2 unspecified atom stereocenters. The fourth-order valence-corrected chi connectivity index (χ4v) is 6.04. The number of anilines is 1. The second kappa shape index (κ2) is 8.20. The number of ether oxygens (including phenoxy) is 1. The predicted molar refractivity (Wildman–Crippen MR) is 131 cm³/mol. The first-order valence-electron chi connectivity index (χ1n) is 11.9. The number of carbonyl (C=O) groups excluding carboxylic acids is 3. The van der Waals surface area contributed by atoms with Crippen LogP contribution in [0.15, 0.2) is 72.8 Å². The Morgan fingerprint density at radius 3 is 2.44 bits per heavy atom. The molecule has 36 heavy (non-hydrogen) atoms. The van der Waals surface area contributed by atoms with Crippen LogP contribution in [0.3, 0.4) is 0 Å². The highest BCUT2D eigenvalue weighted by atomic mass is 16.5. The highest BCUT2D eigenvalue weighted by Gasteiger charge is 2.70. The van der Waals surface area contributed by atoms with Crippen LogP contribution in [-0.4, -0.2) is 40.9 Å². The van der Waals surface area contributed by atoms with Crippen molar-refractivity contribution in [2.75, 3.05) is 12.4 Å². The van der Waals surface area contributed by atoms with Crippen LogP contribution in [0.25, 0.3) is 0 Å². The van der Waals surface area contributed by atoms with E-state index in [0.717, 1.165) is 11.1 Å². The number of phenols is 1. The van der Waals surface area contributed by atoms with E-state index in [9.17, 15) is 19.5 Å². The van der Waals surface area contributed by atoms with Gasteiger partial charge in [-0.2, -0.15) is 0 Å². The third-order valence-corrected chi connectivity index (χ3v) is 7.63. The Balaban J connectivity index is 1.43. The molecule has 1 spiro atoms. The summed E-state index contributed by atoms with van der Waals surface area (Å²) >= 11 is 0. The van der Waals surface area contributed by atoms with Crippen LogP contribution in [0.5, 0.6) is 11.5 Å². The first-order valence-corrected chi connectivity index (χ1v) is 11.9. The summed E-state index contributed by atoms with van der Waals surface area (Å²) in [6.07, 6.45) is 0.417. The Hall–Kier alpha value is -4.17. The number of benzene rings is 3. The minimum Gasteiger partial charge on any atom is -0.508 e. The lowest BCUT2D eigenvalue weighted by atomic mass is 9.76. The number of fused-ring (bicyclic) bond motifs is 4. The van der Waals surface area contributed by atoms with Gasteiger partial charge in [-0.1, -0.05) is 48.5 Å². The molecule has 3 N–H and O–H groups in total. The van der Waals surface area contributed by atoms with Crippen molar-refractivity contribution in [3.63, 3.8) is 0 Å². The number of amides is 3. The van der Waals surface area contributed by atoms with Gasteiger partial charge >= 0.3 is 0 Å². The normalized spacial score (nSPS) is 26.3. The summed E-state index contributed by atoms with van der Waals surface area (Å²) in [5, 5.41) is 16.0. The highest BCUT2D eigenvalue weighted by molar-refractivity contribution is 6.15.